The highest BCUT2D eigenvalue weighted by molar-refractivity contribution is 5.82. The topological polar surface area (TPSA) is 40.6 Å². The van der Waals surface area contributed by atoms with E-state index >= 15 is 0 Å². The minimum absolute atomic E-state index is 0.00221. The van der Waals surface area contributed by atoms with E-state index in [1.807, 2.05) is 30.6 Å². The lowest BCUT2D eigenvalue weighted by Gasteiger charge is -2.31. The van der Waals surface area contributed by atoms with Gasteiger partial charge in [-0.1, -0.05) is 13.8 Å². The molecule has 0 aliphatic carbocycles. The molecule has 1 aliphatic rings. The first-order valence-electron chi connectivity index (χ1n) is 8.62. The van der Waals surface area contributed by atoms with Crippen LogP contribution in [-0.4, -0.2) is 47.8 Å². The van der Waals surface area contributed by atoms with E-state index in [9.17, 15) is 9.59 Å². The normalized spacial score (nSPS) is 18.2. The number of piperidine rings is 1. The maximum Gasteiger partial charge on any atom is 0.225 e. The second-order valence-corrected chi connectivity index (χ2v) is 6.14. The van der Waals surface area contributed by atoms with Crippen molar-refractivity contribution >= 4 is 11.8 Å². The van der Waals surface area contributed by atoms with Crippen LogP contribution in [0.5, 0.6) is 0 Å². The molecule has 4 heteroatoms. The number of amides is 2. The summed E-state index contributed by atoms with van der Waals surface area (Å²) in [5, 5.41) is 0. The monoisotopic (exact) mass is 296 g/mol. The first kappa shape index (κ1) is 18.0. The second kappa shape index (κ2) is 9.06. The highest BCUT2D eigenvalue weighted by Gasteiger charge is 2.28. The Morgan fingerprint density at radius 3 is 2.10 bits per heavy atom. The van der Waals surface area contributed by atoms with Crippen molar-refractivity contribution in [1.29, 1.82) is 0 Å². The average Bonchev–Trinajstić information content (AvgIpc) is 2.53. The van der Waals surface area contributed by atoms with Gasteiger partial charge in [-0.2, -0.15) is 0 Å². The number of rotatable bonds is 7. The number of hydrogen-bond donors (Lipinski definition) is 0. The van der Waals surface area contributed by atoms with Crippen LogP contribution in [0, 0.1) is 11.8 Å². The third-order valence-electron chi connectivity index (χ3n) is 4.64. The molecule has 0 saturated carbocycles. The molecule has 1 aliphatic heterocycles. The lowest BCUT2D eigenvalue weighted by Crippen LogP contribution is -2.41. The van der Waals surface area contributed by atoms with E-state index in [0.29, 0.717) is 6.42 Å². The molecule has 2 atom stereocenters. The molecule has 0 N–H and O–H groups in total. The molecular weight excluding hydrogens is 264 g/mol. The van der Waals surface area contributed by atoms with Crippen molar-refractivity contribution < 1.29 is 9.59 Å². The summed E-state index contributed by atoms with van der Waals surface area (Å²) in [6.45, 7) is 11.3. The Balaban J connectivity index is 2.59. The first-order valence-corrected chi connectivity index (χ1v) is 8.62. The number of likely N-dealkylation sites (tertiary alicyclic amines) is 1. The molecule has 122 valence electrons. The summed E-state index contributed by atoms with van der Waals surface area (Å²) in [4.78, 5) is 28.8. The van der Waals surface area contributed by atoms with Gasteiger partial charge in [0.25, 0.3) is 0 Å². The van der Waals surface area contributed by atoms with E-state index in [0.717, 1.165) is 45.4 Å². The van der Waals surface area contributed by atoms with Gasteiger partial charge in [-0.25, -0.2) is 0 Å². The molecule has 21 heavy (non-hydrogen) atoms. The summed E-state index contributed by atoms with van der Waals surface area (Å²) in [6, 6.07) is 0. The molecule has 1 rings (SSSR count). The third kappa shape index (κ3) is 5.01. The van der Waals surface area contributed by atoms with E-state index < -0.39 is 0 Å². The van der Waals surface area contributed by atoms with Gasteiger partial charge in [0.15, 0.2) is 0 Å². The Labute approximate surface area is 129 Å². The lowest BCUT2D eigenvalue weighted by atomic mass is 9.91. The molecule has 2 unspecified atom stereocenters. The van der Waals surface area contributed by atoms with Crippen molar-refractivity contribution in [3.8, 4) is 0 Å². The summed E-state index contributed by atoms with van der Waals surface area (Å²) < 4.78 is 0. The van der Waals surface area contributed by atoms with Crippen LogP contribution in [0.3, 0.4) is 0 Å². The fraction of sp³-hybridized carbons (Fsp3) is 0.882. The molecule has 2 amide bonds. The molecule has 4 nitrogen and oxygen atoms in total. The minimum atomic E-state index is -0.0661. The minimum Gasteiger partial charge on any atom is -0.343 e. The SMILES string of the molecule is CCC(CC(C)C(=O)N(CC)CC)C(=O)N1CCCCC1. The molecule has 0 aromatic carbocycles. The standard InChI is InChI=1S/C17H32N2O2/c1-5-15(17(21)19-11-9-8-10-12-19)13-14(4)16(20)18(6-2)7-3/h14-15H,5-13H2,1-4H3. The molecule has 0 radical (unpaired) electrons. The summed E-state index contributed by atoms with van der Waals surface area (Å²) in [7, 11) is 0. The maximum atomic E-state index is 12.6. The van der Waals surface area contributed by atoms with E-state index in [4.69, 9.17) is 0 Å². The fourth-order valence-electron chi connectivity index (χ4n) is 3.19. The van der Waals surface area contributed by atoms with Gasteiger partial charge in [-0.05, 0) is 46.0 Å². The van der Waals surface area contributed by atoms with Gasteiger partial charge in [0.1, 0.15) is 0 Å². The maximum absolute atomic E-state index is 12.6. The van der Waals surface area contributed by atoms with Gasteiger partial charge in [0.2, 0.25) is 11.8 Å². The molecule has 1 fully saturated rings. The van der Waals surface area contributed by atoms with Crippen LogP contribution in [0.1, 0.15) is 59.8 Å². The van der Waals surface area contributed by atoms with Crippen LogP contribution in [-0.2, 0) is 9.59 Å². The van der Waals surface area contributed by atoms with Gasteiger partial charge in [0, 0.05) is 38.0 Å². The van der Waals surface area contributed by atoms with Crippen LogP contribution in [0.25, 0.3) is 0 Å². The Morgan fingerprint density at radius 2 is 1.62 bits per heavy atom. The van der Waals surface area contributed by atoms with Gasteiger partial charge < -0.3 is 9.80 Å². The average molecular weight is 296 g/mol. The van der Waals surface area contributed by atoms with Gasteiger partial charge in [-0.15, -0.1) is 0 Å². The Bertz CT molecular complexity index is 334. The zero-order valence-electron chi connectivity index (χ0n) is 14.2. The molecule has 0 aromatic rings. The van der Waals surface area contributed by atoms with Crippen LogP contribution < -0.4 is 0 Å². The quantitative estimate of drug-likeness (QED) is 0.725. The highest BCUT2D eigenvalue weighted by atomic mass is 16.2. The van der Waals surface area contributed by atoms with E-state index in [1.165, 1.54) is 6.42 Å². The Hall–Kier alpha value is -1.06. The van der Waals surface area contributed by atoms with Gasteiger partial charge in [-0.3, -0.25) is 9.59 Å². The molecule has 0 bridgehead atoms. The molecule has 0 spiro atoms. The number of carbonyl (C=O) groups excluding carboxylic acids is 2. The number of carbonyl (C=O) groups is 2. The van der Waals surface area contributed by atoms with Crippen molar-refractivity contribution in [3.05, 3.63) is 0 Å². The number of hydrogen-bond acceptors (Lipinski definition) is 2. The van der Waals surface area contributed by atoms with Crippen molar-refractivity contribution in [1.82, 2.24) is 9.80 Å². The van der Waals surface area contributed by atoms with E-state index in [1.54, 1.807) is 0 Å². The van der Waals surface area contributed by atoms with E-state index in [-0.39, 0.29) is 23.7 Å². The highest BCUT2D eigenvalue weighted by Crippen LogP contribution is 2.22. The Morgan fingerprint density at radius 1 is 1.05 bits per heavy atom. The lowest BCUT2D eigenvalue weighted by molar-refractivity contribution is -0.139. The molecule has 1 heterocycles. The molecule has 1 saturated heterocycles. The summed E-state index contributed by atoms with van der Waals surface area (Å²) in [5.74, 6) is 0.377. The Kier molecular flexibility index (Phi) is 7.76. The van der Waals surface area contributed by atoms with E-state index in [2.05, 4.69) is 6.92 Å². The first-order chi connectivity index (χ1) is 10.0. The van der Waals surface area contributed by atoms with Crippen molar-refractivity contribution in [2.45, 2.75) is 59.8 Å². The van der Waals surface area contributed by atoms with Crippen molar-refractivity contribution in [2.24, 2.45) is 11.8 Å². The summed E-state index contributed by atoms with van der Waals surface area (Å²) in [6.07, 6.45) is 4.98. The van der Waals surface area contributed by atoms with Gasteiger partial charge in [0.05, 0.1) is 0 Å². The zero-order chi connectivity index (χ0) is 15.8. The van der Waals surface area contributed by atoms with Crippen molar-refractivity contribution in [3.63, 3.8) is 0 Å². The second-order valence-electron chi connectivity index (χ2n) is 6.14. The molecule has 0 aromatic heterocycles. The fourth-order valence-corrected chi connectivity index (χ4v) is 3.19. The van der Waals surface area contributed by atoms with Crippen LogP contribution in [0.2, 0.25) is 0 Å². The summed E-state index contributed by atoms with van der Waals surface area (Å²) in [5.41, 5.74) is 0. The van der Waals surface area contributed by atoms with Crippen LogP contribution >= 0.6 is 0 Å². The predicted octanol–water partition coefficient (Wildman–Crippen LogP) is 2.92. The van der Waals surface area contributed by atoms with Crippen LogP contribution in [0.15, 0.2) is 0 Å². The predicted molar refractivity (Wildman–Crippen MR) is 85.9 cm³/mol. The summed E-state index contributed by atoms with van der Waals surface area (Å²) >= 11 is 0. The zero-order valence-corrected chi connectivity index (χ0v) is 14.2. The number of nitrogens with zero attached hydrogens (tertiary/aromatic N) is 2. The third-order valence-corrected chi connectivity index (χ3v) is 4.64. The largest absolute Gasteiger partial charge is 0.343 e. The van der Waals surface area contributed by atoms with Crippen LogP contribution in [0.4, 0.5) is 0 Å². The molecular formula is C17H32N2O2. The smallest absolute Gasteiger partial charge is 0.225 e. The van der Waals surface area contributed by atoms with Crippen molar-refractivity contribution in [2.75, 3.05) is 26.2 Å². The van der Waals surface area contributed by atoms with Gasteiger partial charge >= 0.3 is 0 Å².